The molecule has 2 aromatic rings. The maximum absolute atomic E-state index is 9.55. The van der Waals surface area contributed by atoms with E-state index in [1.54, 1.807) is 0 Å². The van der Waals surface area contributed by atoms with Crippen molar-refractivity contribution >= 4 is 17.8 Å². The van der Waals surface area contributed by atoms with Crippen LogP contribution in [0.3, 0.4) is 0 Å². The van der Waals surface area contributed by atoms with Crippen molar-refractivity contribution in [2.75, 3.05) is 31.1 Å². The summed E-state index contributed by atoms with van der Waals surface area (Å²) in [5, 5.41) is 27.7. The van der Waals surface area contributed by atoms with Gasteiger partial charge in [0.2, 0.25) is 0 Å². The summed E-state index contributed by atoms with van der Waals surface area (Å²) in [5.74, 6) is -1.54. The lowest BCUT2D eigenvalue weighted by atomic mass is 10.1. The van der Waals surface area contributed by atoms with Gasteiger partial charge in [0, 0.05) is 37.3 Å². The van der Waals surface area contributed by atoms with Crippen LogP contribution in [0.1, 0.15) is 6.42 Å². The van der Waals surface area contributed by atoms with Gasteiger partial charge in [0.1, 0.15) is 0 Å². The fraction of sp³-hybridized carbons (Fsp3) is 0.263. The molecular weight excluding hydrogens is 348 g/mol. The second kappa shape index (κ2) is 10.7. The molecule has 0 amide bonds. The minimum absolute atomic E-state index is 0.558. The zero-order chi connectivity index (χ0) is 19.5. The van der Waals surface area contributed by atoms with Crippen LogP contribution in [0.15, 0.2) is 54.6 Å². The number of aliphatic carboxylic acids is 2. The van der Waals surface area contributed by atoms with Crippen molar-refractivity contribution in [2.45, 2.75) is 6.42 Å². The van der Waals surface area contributed by atoms with E-state index in [0.717, 1.165) is 49.7 Å². The molecule has 0 radical (unpaired) electrons. The topological polar surface area (TPSA) is 116 Å². The molecule has 1 aromatic carbocycles. The molecule has 0 bridgehead atoms. The Hall–Kier alpha value is -3.26. The molecule has 1 saturated heterocycles. The normalized spacial score (nSPS) is 14.1. The van der Waals surface area contributed by atoms with Crippen molar-refractivity contribution in [1.82, 2.24) is 15.5 Å². The molecule has 0 unspecified atom stereocenters. The second-order valence-corrected chi connectivity index (χ2v) is 5.74. The third-order valence-corrected chi connectivity index (χ3v) is 3.75. The van der Waals surface area contributed by atoms with Gasteiger partial charge in [-0.15, -0.1) is 10.2 Å². The molecule has 0 saturated carbocycles. The third-order valence-electron chi connectivity index (χ3n) is 3.75. The lowest BCUT2D eigenvalue weighted by molar-refractivity contribution is -0.134. The molecule has 142 valence electrons. The highest BCUT2D eigenvalue weighted by Crippen LogP contribution is 2.18. The molecular formula is C19H22N4O4. The molecule has 3 rings (SSSR count). The van der Waals surface area contributed by atoms with Crippen molar-refractivity contribution < 1.29 is 19.8 Å². The predicted molar refractivity (Wildman–Crippen MR) is 102 cm³/mol. The number of benzene rings is 1. The summed E-state index contributed by atoms with van der Waals surface area (Å²) < 4.78 is 0. The number of carbonyl (C=O) groups is 2. The highest BCUT2D eigenvalue weighted by atomic mass is 16.4. The van der Waals surface area contributed by atoms with Gasteiger partial charge in [0.05, 0.1) is 5.69 Å². The van der Waals surface area contributed by atoms with Gasteiger partial charge < -0.3 is 20.4 Å². The summed E-state index contributed by atoms with van der Waals surface area (Å²) in [6, 6.07) is 14.3. The largest absolute Gasteiger partial charge is 0.478 e. The van der Waals surface area contributed by atoms with E-state index in [-0.39, 0.29) is 0 Å². The first-order chi connectivity index (χ1) is 13.1. The molecule has 8 nitrogen and oxygen atoms in total. The molecule has 1 fully saturated rings. The van der Waals surface area contributed by atoms with Gasteiger partial charge in [-0.2, -0.15) is 0 Å². The molecule has 8 heteroatoms. The fourth-order valence-electron chi connectivity index (χ4n) is 2.47. The van der Waals surface area contributed by atoms with Crippen LogP contribution < -0.4 is 10.2 Å². The van der Waals surface area contributed by atoms with E-state index in [2.05, 4.69) is 44.7 Å². The number of anilines is 1. The summed E-state index contributed by atoms with van der Waals surface area (Å²) in [6.07, 6.45) is 2.27. The van der Waals surface area contributed by atoms with E-state index in [1.165, 1.54) is 0 Å². The van der Waals surface area contributed by atoms with E-state index >= 15 is 0 Å². The molecule has 27 heavy (non-hydrogen) atoms. The number of rotatable bonds is 4. The van der Waals surface area contributed by atoms with Gasteiger partial charge in [0.15, 0.2) is 5.82 Å². The van der Waals surface area contributed by atoms with Crippen LogP contribution in [0.2, 0.25) is 0 Å². The van der Waals surface area contributed by atoms with E-state index in [4.69, 9.17) is 10.2 Å². The minimum Gasteiger partial charge on any atom is -0.478 e. The second-order valence-electron chi connectivity index (χ2n) is 5.74. The highest BCUT2D eigenvalue weighted by molar-refractivity contribution is 5.89. The summed E-state index contributed by atoms with van der Waals surface area (Å²) in [5.41, 5.74) is 2.04. The van der Waals surface area contributed by atoms with Crippen molar-refractivity contribution in [2.24, 2.45) is 0 Å². The number of carboxylic acid groups (broad SMARTS) is 2. The molecule has 0 aliphatic carbocycles. The lowest BCUT2D eigenvalue weighted by Gasteiger charge is -2.20. The Balaban J connectivity index is 0.000000279. The maximum atomic E-state index is 9.55. The van der Waals surface area contributed by atoms with E-state index < -0.39 is 11.9 Å². The van der Waals surface area contributed by atoms with Gasteiger partial charge in [-0.1, -0.05) is 30.3 Å². The molecule has 0 spiro atoms. The first kappa shape index (κ1) is 20.1. The van der Waals surface area contributed by atoms with Crippen molar-refractivity contribution in [3.63, 3.8) is 0 Å². The van der Waals surface area contributed by atoms with E-state index in [9.17, 15) is 9.59 Å². The van der Waals surface area contributed by atoms with Gasteiger partial charge in [0.25, 0.3) is 0 Å². The van der Waals surface area contributed by atoms with Gasteiger partial charge in [-0.3, -0.25) is 0 Å². The average molecular weight is 370 g/mol. The van der Waals surface area contributed by atoms with Crippen LogP contribution in [-0.4, -0.2) is 58.5 Å². The van der Waals surface area contributed by atoms with E-state index in [1.807, 2.05) is 18.2 Å². The van der Waals surface area contributed by atoms with Crippen molar-refractivity contribution in [3.05, 3.63) is 54.6 Å². The monoisotopic (exact) mass is 370 g/mol. The number of hydrogen-bond acceptors (Lipinski definition) is 6. The number of aromatic nitrogens is 2. The van der Waals surface area contributed by atoms with Crippen LogP contribution in [0.5, 0.6) is 0 Å². The minimum atomic E-state index is -1.26. The zero-order valence-corrected chi connectivity index (χ0v) is 14.8. The van der Waals surface area contributed by atoms with Crippen LogP contribution in [0, 0.1) is 0 Å². The number of nitrogens with zero attached hydrogens (tertiary/aromatic N) is 3. The fourth-order valence-corrected chi connectivity index (χ4v) is 2.47. The highest BCUT2D eigenvalue weighted by Gasteiger charge is 2.11. The molecule has 2 heterocycles. The van der Waals surface area contributed by atoms with Crippen LogP contribution >= 0.6 is 0 Å². The van der Waals surface area contributed by atoms with Gasteiger partial charge in [-0.25, -0.2) is 9.59 Å². The summed E-state index contributed by atoms with van der Waals surface area (Å²) in [4.78, 5) is 21.4. The Labute approximate surface area is 157 Å². The van der Waals surface area contributed by atoms with Crippen LogP contribution in [0.4, 0.5) is 5.82 Å². The summed E-state index contributed by atoms with van der Waals surface area (Å²) in [6.45, 7) is 4.15. The Bertz CT molecular complexity index is 739. The lowest BCUT2D eigenvalue weighted by Crippen LogP contribution is -2.28. The third kappa shape index (κ3) is 7.25. The number of nitrogens with one attached hydrogen (secondary N) is 1. The van der Waals surface area contributed by atoms with Crippen LogP contribution in [0.25, 0.3) is 11.3 Å². The van der Waals surface area contributed by atoms with Gasteiger partial charge >= 0.3 is 11.9 Å². The zero-order valence-electron chi connectivity index (χ0n) is 14.8. The SMILES string of the molecule is O=C(O)/C=C/C(=O)O.c1ccc(-c2ccc(N3CCCNCC3)nn2)cc1. The van der Waals surface area contributed by atoms with Crippen molar-refractivity contribution in [3.8, 4) is 11.3 Å². The Kier molecular flexibility index (Phi) is 7.92. The average Bonchev–Trinajstić information content (AvgIpc) is 2.97. The van der Waals surface area contributed by atoms with Crippen molar-refractivity contribution in [1.29, 1.82) is 0 Å². The maximum Gasteiger partial charge on any atom is 0.328 e. The smallest absolute Gasteiger partial charge is 0.328 e. The Morgan fingerprint density at radius 2 is 1.63 bits per heavy atom. The molecule has 3 N–H and O–H groups in total. The van der Waals surface area contributed by atoms with Gasteiger partial charge in [-0.05, 0) is 25.1 Å². The first-order valence-electron chi connectivity index (χ1n) is 8.55. The standard InChI is InChI=1S/C15H18N4.C4H4O4/c1-2-5-13(6-3-1)14-7-8-15(18-17-14)19-11-4-9-16-10-12-19;5-3(6)1-2-4(7)8/h1-3,5-8,16H,4,9-12H2;1-2H,(H,5,6)(H,7,8)/b;2-1+. The summed E-state index contributed by atoms with van der Waals surface area (Å²) in [7, 11) is 0. The quantitative estimate of drug-likeness (QED) is 0.696. The Morgan fingerprint density at radius 3 is 2.22 bits per heavy atom. The molecule has 1 aliphatic heterocycles. The number of carboxylic acids is 2. The Morgan fingerprint density at radius 1 is 0.926 bits per heavy atom. The molecule has 1 aromatic heterocycles. The summed E-state index contributed by atoms with van der Waals surface area (Å²) >= 11 is 0. The van der Waals surface area contributed by atoms with E-state index in [0.29, 0.717) is 12.2 Å². The van der Waals surface area contributed by atoms with Crippen LogP contribution in [-0.2, 0) is 9.59 Å². The first-order valence-corrected chi connectivity index (χ1v) is 8.55. The predicted octanol–water partition coefficient (Wildman–Crippen LogP) is 1.66. The molecule has 1 aliphatic rings. The number of hydrogen-bond donors (Lipinski definition) is 3. The molecule has 0 atom stereocenters.